The Bertz CT molecular complexity index is 257. The standard InChI is InChI=1S/C9H16ClN3/c1-3-5-6-13-9(4-2)8(7-10)11-12-13/h3-7H2,1-2H3. The third kappa shape index (κ3) is 2.44. The quantitative estimate of drug-likeness (QED) is 0.685. The molecule has 13 heavy (non-hydrogen) atoms. The number of unbranched alkanes of at least 4 members (excludes halogenated alkanes) is 1. The van der Waals surface area contributed by atoms with Crippen molar-refractivity contribution in [3.63, 3.8) is 0 Å². The van der Waals surface area contributed by atoms with Gasteiger partial charge in [0.25, 0.3) is 0 Å². The molecule has 0 radical (unpaired) electrons. The summed E-state index contributed by atoms with van der Waals surface area (Å²) in [5.74, 6) is 0.468. The maximum atomic E-state index is 5.74. The Balaban J connectivity index is 2.75. The molecule has 0 bridgehead atoms. The van der Waals surface area contributed by atoms with Crippen LogP contribution in [-0.2, 0) is 18.8 Å². The third-order valence-electron chi connectivity index (χ3n) is 2.10. The molecule has 0 aliphatic rings. The van der Waals surface area contributed by atoms with E-state index in [0.29, 0.717) is 5.88 Å². The number of hydrogen-bond acceptors (Lipinski definition) is 2. The lowest BCUT2D eigenvalue weighted by Crippen LogP contribution is -2.05. The van der Waals surface area contributed by atoms with E-state index in [0.717, 1.165) is 25.1 Å². The highest BCUT2D eigenvalue weighted by molar-refractivity contribution is 6.16. The molecule has 0 saturated carbocycles. The van der Waals surface area contributed by atoms with Crippen molar-refractivity contribution in [3.8, 4) is 0 Å². The fourth-order valence-electron chi connectivity index (χ4n) is 1.35. The number of halogens is 1. The molecule has 0 N–H and O–H groups in total. The van der Waals surface area contributed by atoms with E-state index in [1.54, 1.807) is 0 Å². The summed E-state index contributed by atoms with van der Waals surface area (Å²) in [7, 11) is 0. The molecular weight excluding hydrogens is 186 g/mol. The zero-order valence-electron chi connectivity index (χ0n) is 8.26. The van der Waals surface area contributed by atoms with Crippen molar-refractivity contribution in [1.82, 2.24) is 15.0 Å². The molecule has 1 aromatic heterocycles. The van der Waals surface area contributed by atoms with Crippen LogP contribution >= 0.6 is 11.6 Å². The third-order valence-corrected chi connectivity index (χ3v) is 2.36. The van der Waals surface area contributed by atoms with Gasteiger partial charge in [0, 0.05) is 6.54 Å². The Morgan fingerprint density at radius 3 is 2.69 bits per heavy atom. The second-order valence-corrected chi connectivity index (χ2v) is 3.31. The molecule has 0 aromatic carbocycles. The van der Waals surface area contributed by atoms with Gasteiger partial charge >= 0.3 is 0 Å². The molecule has 0 amide bonds. The molecule has 4 heteroatoms. The van der Waals surface area contributed by atoms with Crippen molar-refractivity contribution in [2.45, 2.75) is 45.5 Å². The van der Waals surface area contributed by atoms with Crippen LogP contribution in [0.4, 0.5) is 0 Å². The molecule has 1 aromatic rings. The molecule has 0 saturated heterocycles. The second-order valence-electron chi connectivity index (χ2n) is 3.05. The molecule has 3 nitrogen and oxygen atoms in total. The Morgan fingerprint density at radius 2 is 2.15 bits per heavy atom. The van der Waals surface area contributed by atoms with Crippen molar-refractivity contribution in [1.29, 1.82) is 0 Å². The maximum absolute atomic E-state index is 5.74. The number of nitrogens with zero attached hydrogens (tertiary/aromatic N) is 3. The van der Waals surface area contributed by atoms with E-state index < -0.39 is 0 Å². The first-order chi connectivity index (χ1) is 6.33. The van der Waals surface area contributed by atoms with Gasteiger partial charge in [-0.25, -0.2) is 4.68 Å². The topological polar surface area (TPSA) is 30.7 Å². The highest BCUT2D eigenvalue weighted by Gasteiger charge is 2.08. The van der Waals surface area contributed by atoms with Crippen molar-refractivity contribution in [3.05, 3.63) is 11.4 Å². The normalized spacial score (nSPS) is 10.7. The van der Waals surface area contributed by atoms with E-state index in [-0.39, 0.29) is 0 Å². The number of hydrogen-bond donors (Lipinski definition) is 0. The number of rotatable bonds is 5. The van der Waals surface area contributed by atoms with Gasteiger partial charge in [0.15, 0.2) is 0 Å². The smallest absolute Gasteiger partial charge is 0.101 e. The molecule has 74 valence electrons. The molecule has 0 aliphatic carbocycles. The number of aromatic nitrogens is 3. The first-order valence-corrected chi connectivity index (χ1v) is 5.34. The zero-order valence-corrected chi connectivity index (χ0v) is 9.01. The van der Waals surface area contributed by atoms with Crippen LogP contribution in [-0.4, -0.2) is 15.0 Å². The van der Waals surface area contributed by atoms with Gasteiger partial charge in [-0.1, -0.05) is 25.5 Å². The van der Waals surface area contributed by atoms with Crippen molar-refractivity contribution < 1.29 is 0 Å². The molecule has 0 spiro atoms. The molecule has 0 aliphatic heterocycles. The van der Waals surface area contributed by atoms with Gasteiger partial charge in [-0.3, -0.25) is 0 Å². The van der Waals surface area contributed by atoms with E-state index in [9.17, 15) is 0 Å². The van der Waals surface area contributed by atoms with E-state index in [1.807, 2.05) is 4.68 Å². The van der Waals surface area contributed by atoms with Gasteiger partial charge in [0.2, 0.25) is 0 Å². The van der Waals surface area contributed by atoms with Gasteiger partial charge in [0.05, 0.1) is 11.6 Å². The molecule has 0 atom stereocenters. The summed E-state index contributed by atoms with van der Waals surface area (Å²) in [5, 5.41) is 8.12. The highest BCUT2D eigenvalue weighted by atomic mass is 35.5. The van der Waals surface area contributed by atoms with Crippen LogP contribution in [0.1, 0.15) is 38.1 Å². The Labute approximate surface area is 84.1 Å². The van der Waals surface area contributed by atoms with E-state index in [4.69, 9.17) is 11.6 Å². The highest BCUT2D eigenvalue weighted by Crippen LogP contribution is 2.09. The van der Waals surface area contributed by atoms with Crippen molar-refractivity contribution >= 4 is 11.6 Å². The van der Waals surface area contributed by atoms with Crippen LogP contribution in [0.5, 0.6) is 0 Å². The average Bonchev–Trinajstić information content (AvgIpc) is 2.56. The van der Waals surface area contributed by atoms with E-state index >= 15 is 0 Å². The zero-order chi connectivity index (χ0) is 9.68. The lowest BCUT2D eigenvalue weighted by Gasteiger charge is -2.03. The maximum Gasteiger partial charge on any atom is 0.101 e. The second kappa shape index (κ2) is 5.22. The van der Waals surface area contributed by atoms with Crippen LogP contribution in [0.2, 0.25) is 0 Å². The fraction of sp³-hybridized carbons (Fsp3) is 0.778. The van der Waals surface area contributed by atoms with Gasteiger partial charge in [0.1, 0.15) is 5.69 Å². The van der Waals surface area contributed by atoms with Gasteiger partial charge in [-0.05, 0) is 12.8 Å². The fourth-order valence-corrected chi connectivity index (χ4v) is 1.55. The first kappa shape index (κ1) is 10.5. The molecule has 1 heterocycles. The van der Waals surface area contributed by atoms with Crippen LogP contribution < -0.4 is 0 Å². The Kier molecular flexibility index (Phi) is 4.22. The monoisotopic (exact) mass is 201 g/mol. The van der Waals surface area contributed by atoms with E-state index in [2.05, 4.69) is 24.2 Å². The minimum absolute atomic E-state index is 0.468. The lowest BCUT2D eigenvalue weighted by molar-refractivity contribution is 0.535. The summed E-state index contributed by atoms with van der Waals surface area (Å²) >= 11 is 5.74. The molecule has 0 unspecified atom stereocenters. The largest absolute Gasteiger partial charge is 0.249 e. The first-order valence-electron chi connectivity index (χ1n) is 4.80. The summed E-state index contributed by atoms with van der Waals surface area (Å²) in [6.07, 6.45) is 3.29. The lowest BCUT2D eigenvalue weighted by atomic mass is 10.2. The van der Waals surface area contributed by atoms with Crippen LogP contribution in [0.15, 0.2) is 0 Å². The van der Waals surface area contributed by atoms with Crippen LogP contribution in [0.25, 0.3) is 0 Å². The van der Waals surface area contributed by atoms with Crippen LogP contribution in [0.3, 0.4) is 0 Å². The number of alkyl halides is 1. The van der Waals surface area contributed by atoms with E-state index in [1.165, 1.54) is 12.1 Å². The predicted molar refractivity (Wildman–Crippen MR) is 53.9 cm³/mol. The molecule has 1 rings (SSSR count). The summed E-state index contributed by atoms with van der Waals surface area (Å²) in [6, 6.07) is 0. The summed E-state index contributed by atoms with van der Waals surface area (Å²) in [4.78, 5) is 0. The van der Waals surface area contributed by atoms with Gasteiger partial charge in [-0.15, -0.1) is 16.7 Å². The Morgan fingerprint density at radius 1 is 1.38 bits per heavy atom. The van der Waals surface area contributed by atoms with Gasteiger partial charge in [-0.2, -0.15) is 0 Å². The summed E-state index contributed by atoms with van der Waals surface area (Å²) < 4.78 is 1.97. The predicted octanol–water partition coefficient (Wildman–Crippen LogP) is 2.38. The van der Waals surface area contributed by atoms with Crippen molar-refractivity contribution in [2.75, 3.05) is 0 Å². The number of aryl methyl sites for hydroxylation is 1. The molecular formula is C9H16ClN3. The van der Waals surface area contributed by atoms with Crippen LogP contribution in [0, 0.1) is 0 Å². The summed E-state index contributed by atoms with van der Waals surface area (Å²) in [6.45, 7) is 5.24. The Hall–Kier alpha value is -0.570. The minimum atomic E-state index is 0.468. The van der Waals surface area contributed by atoms with Gasteiger partial charge < -0.3 is 0 Å². The van der Waals surface area contributed by atoms with Crippen molar-refractivity contribution in [2.24, 2.45) is 0 Å². The SMILES string of the molecule is CCCCn1nnc(CCl)c1CC. The average molecular weight is 202 g/mol. The minimum Gasteiger partial charge on any atom is -0.249 e. The summed E-state index contributed by atoms with van der Waals surface area (Å²) in [5.41, 5.74) is 2.11. The molecule has 0 fully saturated rings.